The first kappa shape index (κ1) is 25.5. The highest BCUT2D eigenvalue weighted by Crippen LogP contribution is 2.65. The van der Waals surface area contributed by atoms with Gasteiger partial charge >= 0.3 is 0 Å². The normalized spacial score (nSPS) is 33.6. The second kappa shape index (κ2) is 8.37. The monoisotopic (exact) mass is 569 g/mol. The van der Waals surface area contributed by atoms with Crippen LogP contribution in [0, 0.1) is 27.9 Å². The zero-order valence-corrected chi connectivity index (χ0v) is 21.9. The van der Waals surface area contributed by atoms with Gasteiger partial charge in [-0.15, -0.1) is 23.2 Å². The summed E-state index contributed by atoms with van der Waals surface area (Å²) in [6.07, 6.45) is 1.81. The number of nitro benzene ring substituents is 1. The molecule has 2 heterocycles. The number of non-ortho nitro benzene ring substituents is 1. The molecule has 6 atom stereocenters. The minimum absolute atomic E-state index is 0.0142. The highest BCUT2D eigenvalue weighted by Gasteiger charge is 2.75. The molecule has 4 amide bonds. The van der Waals surface area contributed by atoms with Gasteiger partial charge in [0, 0.05) is 25.1 Å². The Balaban J connectivity index is 1.49. The zero-order chi connectivity index (χ0) is 28.0. The average Bonchev–Trinajstić information content (AvgIpc) is 3.24. The Morgan fingerprint density at radius 2 is 1.69 bits per heavy atom. The Morgan fingerprint density at radius 1 is 1.00 bits per heavy atom. The van der Waals surface area contributed by atoms with Crippen LogP contribution in [0.15, 0.2) is 60.2 Å². The molecule has 39 heavy (non-hydrogen) atoms. The molecule has 0 aromatic heterocycles. The molecule has 6 unspecified atom stereocenters. The summed E-state index contributed by atoms with van der Waals surface area (Å²) in [4.78, 5) is 63.1. The smallest absolute Gasteiger partial charge is 0.271 e. The fraction of sp³-hybridized carbons (Fsp3) is 0.333. The van der Waals surface area contributed by atoms with Crippen molar-refractivity contribution < 1.29 is 29.2 Å². The number of likely N-dealkylation sites (tertiary alicyclic amines) is 1. The standard InChI is InChI=1S/C27H21Cl2N3O7/c1-30-24(36)26(28)12-19-17(21(27(26,29)25(30)37)13-5-7-16(33)8-6-13)9-10-18-20(19)23(35)31(22(18)34)14-3-2-4-15(11-14)32(38)39/h2-9,11,18-21,33H,10,12H2,1H3. The van der Waals surface area contributed by atoms with Crippen LogP contribution in [0.5, 0.6) is 5.75 Å². The summed E-state index contributed by atoms with van der Waals surface area (Å²) in [7, 11) is 1.31. The van der Waals surface area contributed by atoms with Crippen molar-refractivity contribution in [3.8, 4) is 5.75 Å². The summed E-state index contributed by atoms with van der Waals surface area (Å²) in [5.41, 5.74) is 0.953. The fourth-order valence-corrected chi connectivity index (χ4v) is 7.80. The lowest BCUT2D eigenvalue weighted by atomic mass is 9.56. The summed E-state index contributed by atoms with van der Waals surface area (Å²) in [6, 6.07) is 11.3. The van der Waals surface area contributed by atoms with Crippen LogP contribution in [-0.2, 0) is 19.2 Å². The summed E-state index contributed by atoms with van der Waals surface area (Å²) >= 11 is 14.1. The molecule has 0 spiro atoms. The van der Waals surface area contributed by atoms with Gasteiger partial charge in [-0.25, -0.2) is 4.90 Å². The first-order valence-electron chi connectivity index (χ1n) is 12.2. The van der Waals surface area contributed by atoms with Crippen molar-refractivity contribution in [1.82, 2.24) is 4.90 Å². The van der Waals surface area contributed by atoms with E-state index in [1.54, 1.807) is 18.2 Å². The van der Waals surface area contributed by atoms with Crippen molar-refractivity contribution in [2.24, 2.45) is 17.8 Å². The number of nitrogens with zero attached hydrogens (tertiary/aromatic N) is 3. The third-order valence-corrected chi connectivity index (χ3v) is 9.95. The van der Waals surface area contributed by atoms with Crippen molar-refractivity contribution in [3.63, 3.8) is 0 Å². The number of amides is 4. The summed E-state index contributed by atoms with van der Waals surface area (Å²) in [5, 5.41) is 21.2. The minimum atomic E-state index is -1.91. The van der Waals surface area contributed by atoms with E-state index in [4.69, 9.17) is 23.2 Å². The van der Waals surface area contributed by atoms with E-state index in [-0.39, 0.29) is 30.0 Å². The maximum atomic E-state index is 13.9. The molecule has 0 bridgehead atoms. The number of halogens is 2. The second-order valence-electron chi connectivity index (χ2n) is 10.4. The third-order valence-electron chi connectivity index (χ3n) is 8.54. The molecule has 3 fully saturated rings. The lowest BCUT2D eigenvalue weighted by molar-refractivity contribution is -0.384. The Labute approximate surface area is 231 Å². The Kier molecular flexibility index (Phi) is 5.47. The van der Waals surface area contributed by atoms with Gasteiger partial charge in [-0.2, -0.15) is 0 Å². The molecule has 2 aromatic rings. The number of imide groups is 2. The molecule has 1 saturated carbocycles. The van der Waals surface area contributed by atoms with Gasteiger partial charge in [-0.05, 0) is 42.5 Å². The lowest BCUT2D eigenvalue weighted by Crippen LogP contribution is -2.60. The lowest BCUT2D eigenvalue weighted by Gasteiger charge is -2.50. The Morgan fingerprint density at radius 3 is 2.36 bits per heavy atom. The predicted molar refractivity (Wildman–Crippen MR) is 139 cm³/mol. The largest absolute Gasteiger partial charge is 0.508 e. The van der Waals surface area contributed by atoms with Gasteiger partial charge in [-0.1, -0.05) is 29.8 Å². The number of carbonyl (C=O) groups is 4. The minimum Gasteiger partial charge on any atom is -0.508 e. The molecule has 0 radical (unpaired) electrons. The van der Waals surface area contributed by atoms with Crippen LogP contribution in [0.4, 0.5) is 11.4 Å². The summed E-state index contributed by atoms with van der Waals surface area (Å²) < 4.78 is 0. The van der Waals surface area contributed by atoms with E-state index in [9.17, 15) is 34.4 Å². The van der Waals surface area contributed by atoms with Gasteiger partial charge in [0.25, 0.3) is 17.5 Å². The predicted octanol–water partition coefficient (Wildman–Crippen LogP) is 3.49. The molecule has 2 aliphatic heterocycles. The van der Waals surface area contributed by atoms with Gasteiger partial charge in [0.2, 0.25) is 11.8 Å². The second-order valence-corrected chi connectivity index (χ2v) is 11.6. The van der Waals surface area contributed by atoms with Crippen molar-refractivity contribution in [2.75, 3.05) is 11.9 Å². The number of phenols is 1. The molecule has 1 N–H and O–H groups in total. The summed E-state index contributed by atoms with van der Waals surface area (Å²) in [6.45, 7) is 0. The van der Waals surface area contributed by atoms with Gasteiger partial charge in [0.05, 0.1) is 22.4 Å². The maximum Gasteiger partial charge on any atom is 0.271 e. The van der Waals surface area contributed by atoms with Gasteiger partial charge in [-0.3, -0.25) is 34.2 Å². The van der Waals surface area contributed by atoms with Crippen LogP contribution >= 0.6 is 23.2 Å². The molecular formula is C27H21Cl2N3O7. The van der Waals surface area contributed by atoms with E-state index in [2.05, 4.69) is 0 Å². The zero-order valence-electron chi connectivity index (χ0n) is 20.4. The topological polar surface area (TPSA) is 138 Å². The third kappa shape index (κ3) is 3.21. The van der Waals surface area contributed by atoms with E-state index in [1.807, 2.05) is 0 Å². The molecule has 6 rings (SSSR count). The van der Waals surface area contributed by atoms with Gasteiger partial charge < -0.3 is 5.11 Å². The number of anilines is 1. The van der Waals surface area contributed by atoms with Crippen molar-refractivity contribution in [1.29, 1.82) is 0 Å². The quantitative estimate of drug-likeness (QED) is 0.196. The SMILES string of the molecule is CN1C(=O)C2(Cl)CC3C(=CCC4C(=O)N(c5cccc([N+](=O)[O-])c5)C(=O)C43)C(c3ccc(O)cc3)C2(Cl)C1=O. The number of carbonyl (C=O) groups excluding carboxylic acids is 4. The van der Waals surface area contributed by atoms with Crippen LogP contribution in [-0.4, -0.2) is 55.4 Å². The van der Waals surface area contributed by atoms with Crippen LogP contribution in [0.2, 0.25) is 0 Å². The van der Waals surface area contributed by atoms with Crippen LogP contribution in [0.1, 0.15) is 24.3 Å². The molecule has 2 aliphatic carbocycles. The number of benzene rings is 2. The number of phenolic OH excluding ortho intramolecular Hbond substituents is 1. The first-order chi connectivity index (χ1) is 18.4. The summed E-state index contributed by atoms with van der Waals surface area (Å²) in [5.74, 6) is -5.77. The molecule has 2 aromatic carbocycles. The number of fused-ring (bicyclic) bond motifs is 4. The number of hydrogen-bond donors (Lipinski definition) is 1. The Bertz CT molecular complexity index is 1530. The Hall–Kier alpha value is -3.76. The van der Waals surface area contributed by atoms with Crippen LogP contribution in [0.3, 0.4) is 0 Å². The number of alkyl halides is 2. The van der Waals surface area contributed by atoms with Crippen molar-refractivity contribution in [2.45, 2.75) is 28.5 Å². The van der Waals surface area contributed by atoms with Gasteiger partial charge in [0.1, 0.15) is 5.75 Å². The molecule has 10 nitrogen and oxygen atoms in total. The molecule has 4 aliphatic rings. The van der Waals surface area contributed by atoms with E-state index in [0.717, 1.165) is 9.80 Å². The number of nitro groups is 1. The van der Waals surface area contributed by atoms with Crippen molar-refractivity contribution >= 4 is 58.2 Å². The van der Waals surface area contributed by atoms with E-state index in [1.165, 1.54) is 43.4 Å². The van der Waals surface area contributed by atoms with E-state index < -0.39 is 62.0 Å². The van der Waals surface area contributed by atoms with E-state index in [0.29, 0.717) is 11.1 Å². The number of aromatic hydroxyl groups is 1. The molecular weight excluding hydrogens is 549 g/mol. The fourth-order valence-electron chi connectivity index (χ4n) is 6.78. The highest BCUT2D eigenvalue weighted by molar-refractivity contribution is 6.53. The highest BCUT2D eigenvalue weighted by atomic mass is 35.5. The maximum absolute atomic E-state index is 13.9. The van der Waals surface area contributed by atoms with Crippen molar-refractivity contribution in [3.05, 3.63) is 75.9 Å². The van der Waals surface area contributed by atoms with Crippen LogP contribution in [0.25, 0.3) is 0 Å². The van der Waals surface area contributed by atoms with E-state index >= 15 is 0 Å². The first-order valence-corrected chi connectivity index (χ1v) is 13.0. The average molecular weight is 570 g/mol. The van der Waals surface area contributed by atoms with Gasteiger partial charge in [0.15, 0.2) is 9.75 Å². The van der Waals surface area contributed by atoms with Crippen LogP contribution < -0.4 is 4.90 Å². The number of rotatable bonds is 3. The molecule has 12 heteroatoms. The molecule has 200 valence electrons. The number of allylic oxidation sites excluding steroid dienone is 2. The number of hydrogen-bond acceptors (Lipinski definition) is 7. The molecule has 2 saturated heterocycles.